The number of piperazine rings is 1. The highest BCUT2D eigenvalue weighted by Crippen LogP contribution is 2.20. The maximum absolute atomic E-state index is 10.5. The minimum absolute atomic E-state index is 0.499. The van der Waals surface area contributed by atoms with E-state index in [2.05, 4.69) is 57.6 Å². The lowest BCUT2D eigenvalue weighted by atomic mass is 10.0. The number of nitrogens with one attached hydrogen (secondary N) is 1. The van der Waals surface area contributed by atoms with Gasteiger partial charge < -0.3 is 10.4 Å². The quantitative estimate of drug-likeness (QED) is 0.889. The lowest BCUT2D eigenvalue weighted by Crippen LogP contribution is -2.47. The summed E-state index contributed by atoms with van der Waals surface area (Å²) < 4.78 is 0. The minimum atomic E-state index is -0.945. The molecule has 2 N–H and O–H groups in total. The van der Waals surface area contributed by atoms with Crippen LogP contribution in [0.4, 0.5) is 4.79 Å². The van der Waals surface area contributed by atoms with Crippen molar-refractivity contribution in [2.75, 3.05) is 39.3 Å². The average molecular weight is 313 g/mol. The number of amides is 1. The van der Waals surface area contributed by atoms with Crippen LogP contribution in [0.5, 0.6) is 0 Å². The van der Waals surface area contributed by atoms with Crippen LogP contribution in [0, 0.1) is 0 Å². The van der Waals surface area contributed by atoms with E-state index < -0.39 is 6.09 Å². The zero-order valence-corrected chi connectivity index (χ0v) is 13.2. The Morgan fingerprint density at radius 1 is 1.00 bits per heavy atom. The molecular weight excluding hydrogens is 290 g/mol. The second-order valence-corrected chi connectivity index (χ2v) is 5.99. The lowest BCUT2D eigenvalue weighted by Gasteiger charge is -2.34. The lowest BCUT2D eigenvalue weighted by molar-refractivity contribution is 0.127. The third-order valence-electron chi connectivity index (χ3n) is 4.44. The van der Waals surface area contributed by atoms with Crippen molar-refractivity contribution in [3.05, 3.63) is 48.0 Å². The van der Waals surface area contributed by atoms with Crippen LogP contribution in [0.3, 0.4) is 0 Å². The predicted molar refractivity (Wildman–Crippen MR) is 91.7 cm³/mol. The first-order valence-corrected chi connectivity index (χ1v) is 8.10. The molecule has 3 rings (SSSR count). The fourth-order valence-electron chi connectivity index (χ4n) is 3.16. The molecule has 5 nitrogen and oxygen atoms in total. The number of carboxylic acid groups (broad SMARTS) is 1. The van der Waals surface area contributed by atoms with E-state index in [4.69, 9.17) is 5.11 Å². The summed E-state index contributed by atoms with van der Waals surface area (Å²) in [6.07, 6.45) is -0.945. The Hall–Kier alpha value is -2.11. The van der Waals surface area contributed by atoms with Gasteiger partial charge in [-0.3, -0.25) is 9.80 Å². The van der Waals surface area contributed by atoms with Gasteiger partial charge in [0, 0.05) is 45.8 Å². The van der Waals surface area contributed by atoms with Crippen molar-refractivity contribution in [1.29, 1.82) is 0 Å². The first kappa shape index (κ1) is 15.8. The smallest absolute Gasteiger partial charge is 0.404 e. The summed E-state index contributed by atoms with van der Waals surface area (Å²) in [6, 6.07) is 15.0. The van der Waals surface area contributed by atoms with Gasteiger partial charge in [-0.05, 0) is 16.3 Å². The van der Waals surface area contributed by atoms with Crippen molar-refractivity contribution in [2.24, 2.45) is 0 Å². The molecule has 0 aliphatic carbocycles. The molecule has 1 fully saturated rings. The maximum atomic E-state index is 10.5. The summed E-state index contributed by atoms with van der Waals surface area (Å²) in [5, 5.41) is 13.7. The molecule has 1 amide bonds. The molecule has 1 aliphatic heterocycles. The second-order valence-electron chi connectivity index (χ2n) is 5.99. The molecule has 0 radical (unpaired) electrons. The molecule has 0 unspecified atom stereocenters. The van der Waals surface area contributed by atoms with Gasteiger partial charge in [-0.25, -0.2) is 4.79 Å². The minimum Gasteiger partial charge on any atom is -0.465 e. The number of rotatable bonds is 5. The number of hydrogen-bond acceptors (Lipinski definition) is 3. The van der Waals surface area contributed by atoms with E-state index in [1.54, 1.807) is 0 Å². The van der Waals surface area contributed by atoms with Gasteiger partial charge in [0.1, 0.15) is 0 Å². The summed E-state index contributed by atoms with van der Waals surface area (Å²) in [6.45, 7) is 6.29. The molecule has 0 atom stereocenters. The van der Waals surface area contributed by atoms with Crippen LogP contribution in [0.1, 0.15) is 5.56 Å². The van der Waals surface area contributed by atoms with Crippen LogP contribution in [0.15, 0.2) is 42.5 Å². The number of nitrogens with zero attached hydrogens (tertiary/aromatic N) is 2. The van der Waals surface area contributed by atoms with Crippen molar-refractivity contribution in [3.63, 3.8) is 0 Å². The van der Waals surface area contributed by atoms with E-state index >= 15 is 0 Å². The summed E-state index contributed by atoms with van der Waals surface area (Å²) in [7, 11) is 0. The van der Waals surface area contributed by atoms with E-state index in [1.165, 1.54) is 16.3 Å². The van der Waals surface area contributed by atoms with E-state index in [0.717, 1.165) is 39.3 Å². The van der Waals surface area contributed by atoms with Crippen LogP contribution in [0.25, 0.3) is 10.8 Å². The number of benzene rings is 2. The highest BCUT2D eigenvalue weighted by molar-refractivity contribution is 5.85. The molecule has 1 aliphatic rings. The van der Waals surface area contributed by atoms with Crippen LogP contribution in [0.2, 0.25) is 0 Å². The summed E-state index contributed by atoms with van der Waals surface area (Å²) in [5.74, 6) is 0. The van der Waals surface area contributed by atoms with Crippen LogP contribution >= 0.6 is 0 Å². The zero-order chi connectivity index (χ0) is 16.1. The maximum Gasteiger partial charge on any atom is 0.404 e. The third kappa shape index (κ3) is 4.21. The fraction of sp³-hybridized carbons (Fsp3) is 0.389. The first-order valence-electron chi connectivity index (χ1n) is 8.10. The Labute approximate surface area is 136 Å². The summed E-state index contributed by atoms with van der Waals surface area (Å²) >= 11 is 0. The van der Waals surface area contributed by atoms with Gasteiger partial charge in [0.05, 0.1) is 0 Å². The highest BCUT2D eigenvalue weighted by Gasteiger charge is 2.17. The molecule has 5 heteroatoms. The molecule has 0 aromatic heterocycles. The average Bonchev–Trinajstić information content (AvgIpc) is 2.56. The Balaban J connectivity index is 1.53. The van der Waals surface area contributed by atoms with Crippen molar-refractivity contribution in [3.8, 4) is 0 Å². The molecular formula is C18H23N3O2. The Kier molecular flexibility index (Phi) is 5.10. The van der Waals surface area contributed by atoms with E-state index in [1.807, 2.05) is 0 Å². The Morgan fingerprint density at radius 3 is 2.48 bits per heavy atom. The standard InChI is InChI=1S/C18H23N3O2/c22-18(23)19-8-9-20-10-12-21(13-11-20)14-16-6-3-5-15-4-1-2-7-17(15)16/h1-7,19H,8-14H2,(H,22,23). The van der Waals surface area contributed by atoms with E-state index in [9.17, 15) is 4.79 Å². The number of fused-ring (bicyclic) bond motifs is 1. The van der Waals surface area contributed by atoms with Crippen molar-refractivity contribution in [2.45, 2.75) is 6.54 Å². The number of hydrogen-bond donors (Lipinski definition) is 2. The van der Waals surface area contributed by atoms with Crippen molar-refractivity contribution < 1.29 is 9.90 Å². The van der Waals surface area contributed by atoms with Gasteiger partial charge in [0.25, 0.3) is 0 Å². The SMILES string of the molecule is O=C(O)NCCN1CCN(Cc2cccc3ccccc23)CC1. The predicted octanol–water partition coefficient (Wildman–Crippen LogP) is 2.22. The second kappa shape index (κ2) is 7.44. The Bertz CT molecular complexity index is 661. The monoisotopic (exact) mass is 313 g/mol. The van der Waals surface area contributed by atoms with Crippen LogP contribution < -0.4 is 5.32 Å². The van der Waals surface area contributed by atoms with Gasteiger partial charge in [-0.15, -0.1) is 0 Å². The first-order chi connectivity index (χ1) is 11.2. The third-order valence-corrected chi connectivity index (χ3v) is 4.44. The van der Waals surface area contributed by atoms with Crippen molar-refractivity contribution in [1.82, 2.24) is 15.1 Å². The fourth-order valence-corrected chi connectivity index (χ4v) is 3.16. The molecule has 2 aromatic rings. The molecule has 0 saturated carbocycles. The van der Waals surface area contributed by atoms with Crippen LogP contribution in [-0.2, 0) is 6.54 Å². The van der Waals surface area contributed by atoms with Gasteiger partial charge in [-0.1, -0.05) is 42.5 Å². The molecule has 0 spiro atoms. The van der Waals surface area contributed by atoms with Gasteiger partial charge >= 0.3 is 6.09 Å². The summed E-state index contributed by atoms with van der Waals surface area (Å²) in [5.41, 5.74) is 1.38. The van der Waals surface area contributed by atoms with Gasteiger partial charge in [0.15, 0.2) is 0 Å². The molecule has 23 heavy (non-hydrogen) atoms. The molecule has 1 saturated heterocycles. The molecule has 122 valence electrons. The van der Waals surface area contributed by atoms with Crippen LogP contribution in [-0.4, -0.2) is 60.3 Å². The van der Waals surface area contributed by atoms with E-state index in [-0.39, 0.29) is 0 Å². The van der Waals surface area contributed by atoms with Gasteiger partial charge in [-0.2, -0.15) is 0 Å². The largest absolute Gasteiger partial charge is 0.465 e. The topological polar surface area (TPSA) is 55.8 Å². The molecule has 1 heterocycles. The summed E-state index contributed by atoms with van der Waals surface area (Å²) in [4.78, 5) is 15.3. The molecule has 0 bridgehead atoms. The van der Waals surface area contributed by atoms with E-state index in [0.29, 0.717) is 6.54 Å². The highest BCUT2D eigenvalue weighted by atomic mass is 16.4. The number of carbonyl (C=O) groups is 1. The Morgan fingerprint density at radius 2 is 1.70 bits per heavy atom. The van der Waals surface area contributed by atoms with Gasteiger partial charge in [0.2, 0.25) is 0 Å². The zero-order valence-electron chi connectivity index (χ0n) is 13.2. The molecule has 2 aromatic carbocycles. The normalized spacial score (nSPS) is 16.5. The van der Waals surface area contributed by atoms with Crippen molar-refractivity contribution >= 4 is 16.9 Å².